The normalized spacial score (nSPS) is 11.8. The Bertz CT molecular complexity index is 3600. The minimum absolute atomic E-state index is 0. The van der Waals surface area contributed by atoms with Gasteiger partial charge in [-0.2, -0.15) is 0 Å². The zero-order valence-corrected chi connectivity index (χ0v) is 54.3. The first-order valence-corrected chi connectivity index (χ1v) is 29.5. The van der Waals surface area contributed by atoms with E-state index in [1.165, 1.54) is 77.7 Å². The Labute approximate surface area is 502 Å². The molecule has 0 saturated heterocycles. The van der Waals surface area contributed by atoms with Gasteiger partial charge in [0.05, 0.1) is 11.3 Å². The summed E-state index contributed by atoms with van der Waals surface area (Å²) in [5.74, 6) is 0.547. The fourth-order valence-electron chi connectivity index (χ4n) is 10.8. The number of aliphatic hydroxyl groups excluding tert-OH is 1. The number of fused-ring (bicyclic) bond motifs is 2. The molecule has 425 valence electrons. The Morgan fingerprint density at radius 3 is 1.78 bits per heavy atom. The number of carbonyl (C=O) groups excluding carboxylic acids is 1. The van der Waals surface area contributed by atoms with Crippen LogP contribution in [0.5, 0.6) is 0 Å². The number of thiophene rings is 1. The van der Waals surface area contributed by atoms with Gasteiger partial charge >= 0.3 is 0 Å². The number of nitrogens with zero attached hydrogens (tertiary/aromatic N) is 4. The Balaban J connectivity index is 0.000000209. The summed E-state index contributed by atoms with van der Waals surface area (Å²) in [6.45, 7) is 36.6. The summed E-state index contributed by atoms with van der Waals surface area (Å²) in [6.07, 6.45) is 9.58. The molecule has 0 aliphatic heterocycles. The molecule has 4 aromatic heterocycles. The summed E-state index contributed by atoms with van der Waals surface area (Å²) in [5, 5.41) is 10.8. The van der Waals surface area contributed by atoms with Crippen molar-refractivity contribution in [3.8, 4) is 55.2 Å². The molecular weight excluding hydrogens is 1190 g/mol. The smallest absolute Gasteiger partial charge is 0.162 e. The number of hydrogen-bond donors (Lipinski definition) is 1. The van der Waals surface area contributed by atoms with Crippen LogP contribution in [0, 0.1) is 77.8 Å². The maximum Gasteiger partial charge on any atom is 0.162 e. The van der Waals surface area contributed by atoms with Crippen molar-refractivity contribution in [2.45, 2.75) is 155 Å². The van der Waals surface area contributed by atoms with Gasteiger partial charge in [-0.1, -0.05) is 178 Å². The number of rotatable bonds is 13. The van der Waals surface area contributed by atoms with E-state index in [4.69, 9.17) is 15.0 Å². The summed E-state index contributed by atoms with van der Waals surface area (Å²) >= 11 is 1.79. The van der Waals surface area contributed by atoms with Crippen LogP contribution in [0.1, 0.15) is 145 Å². The molecular formula is C73H84IrN4O2S-2. The number of aryl methyl sites for hydroxylation is 7. The van der Waals surface area contributed by atoms with Gasteiger partial charge in [0.1, 0.15) is 6.33 Å². The van der Waals surface area contributed by atoms with Crippen LogP contribution in [0.15, 0.2) is 127 Å². The fraction of sp³-hybridized carbons (Fsp3) is 0.356. The molecule has 5 aromatic carbocycles. The number of ketones is 1. The van der Waals surface area contributed by atoms with Crippen molar-refractivity contribution in [3.05, 3.63) is 190 Å². The van der Waals surface area contributed by atoms with Crippen LogP contribution in [0.2, 0.25) is 0 Å². The van der Waals surface area contributed by atoms with Gasteiger partial charge in [-0.25, -0.2) is 4.98 Å². The minimum atomic E-state index is -0.0539. The van der Waals surface area contributed by atoms with Crippen LogP contribution in [0.25, 0.3) is 76.3 Å². The van der Waals surface area contributed by atoms with Crippen LogP contribution in [-0.4, -0.2) is 30.8 Å². The second-order valence-corrected chi connectivity index (χ2v) is 25.1. The van der Waals surface area contributed by atoms with Gasteiger partial charge in [0, 0.05) is 70.7 Å². The quantitative estimate of drug-likeness (QED) is 0.0703. The molecule has 1 N–H and O–H groups in total. The van der Waals surface area contributed by atoms with Crippen molar-refractivity contribution < 1.29 is 30.0 Å². The van der Waals surface area contributed by atoms with E-state index in [0.717, 1.165) is 87.0 Å². The molecule has 0 aliphatic carbocycles. The molecule has 0 saturated carbocycles. The number of allylic oxidation sites excluding steroid dienone is 2. The largest absolute Gasteiger partial charge is 0.512 e. The second-order valence-electron chi connectivity index (χ2n) is 24.1. The first kappa shape index (κ1) is 63.7. The van der Waals surface area contributed by atoms with Crippen LogP contribution >= 0.6 is 11.3 Å². The van der Waals surface area contributed by atoms with E-state index in [9.17, 15) is 9.90 Å². The molecule has 0 amide bonds. The number of benzene rings is 5. The SMILES string of the molecule is CCC(CC)C(=O)/C=C(\O)C(CC)CC.Cc1[c-]c(-c2cc(-c3ccc(-c4ccc(CC(C)(C)C)cc4)cc3)ccn2)cc(C)c1.Cc1cc(C)c(-c2sc3c(-c4[c-]c5ccc(C)nc5c(C(C)(C)C)c4)ncnc3c2C)c(C)c1.[Ir]. The maximum absolute atomic E-state index is 11.7. The predicted molar refractivity (Wildman–Crippen MR) is 341 cm³/mol. The van der Waals surface area contributed by atoms with Crippen LogP contribution in [-0.2, 0) is 36.7 Å². The first-order valence-electron chi connectivity index (χ1n) is 28.7. The topological polar surface area (TPSA) is 88.9 Å². The number of hydrogen-bond acceptors (Lipinski definition) is 7. The molecule has 0 aliphatic rings. The molecule has 4 heterocycles. The van der Waals surface area contributed by atoms with Crippen molar-refractivity contribution in [2.75, 3.05) is 0 Å². The molecule has 8 heteroatoms. The second kappa shape index (κ2) is 27.6. The molecule has 0 fully saturated rings. The molecule has 0 atom stereocenters. The number of aliphatic hydroxyl groups is 1. The van der Waals surface area contributed by atoms with Gasteiger partial charge in [-0.3, -0.25) is 14.8 Å². The van der Waals surface area contributed by atoms with E-state index >= 15 is 0 Å². The van der Waals surface area contributed by atoms with E-state index in [2.05, 4.69) is 203 Å². The van der Waals surface area contributed by atoms with E-state index in [0.29, 0.717) is 5.41 Å². The summed E-state index contributed by atoms with van der Waals surface area (Å²) in [4.78, 5) is 31.9. The minimum Gasteiger partial charge on any atom is -0.512 e. The zero-order chi connectivity index (χ0) is 58.2. The molecule has 0 bridgehead atoms. The molecule has 0 spiro atoms. The van der Waals surface area contributed by atoms with Gasteiger partial charge in [-0.15, -0.1) is 64.4 Å². The Morgan fingerprint density at radius 1 is 0.630 bits per heavy atom. The third-order valence-electron chi connectivity index (χ3n) is 15.0. The number of pyridine rings is 2. The van der Waals surface area contributed by atoms with E-state index < -0.39 is 0 Å². The van der Waals surface area contributed by atoms with E-state index in [1.807, 2.05) is 40.8 Å². The Morgan fingerprint density at radius 2 is 1.21 bits per heavy atom. The van der Waals surface area contributed by atoms with Crippen molar-refractivity contribution in [1.82, 2.24) is 19.9 Å². The van der Waals surface area contributed by atoms with E-state index in [-0.39, 0.29) is 48.9 Å². The molecule has 1 radical (unpaired) electrons. The summed E-state index contributed by atoms with van der Waals surface area (Å²) in [5.41, 5.74) is 23.5. The Kier molecular flexibility index (Phi) is 21.7. The number of aromatic nitrogens is 4. The van der Waals surface area contributed by atoms with Crippen LogP contribution in [0.3, 0.4) is 0 Å². The van der Waals surface area contributed by atoms with Gasteiger partial charge in [0.25, 0.3) is 0 Å². The molecule has 0 unspecified atom stereocenters. The standard InChI is InChI=1S/C30H30N3S.C30H30N.C13H24O2.Ir/c1-16-11-17(2)24(18(3)12-16)28-20(5)25-29(34-28)27(32-15-31-25)22-13-21-10-9-19(4)33-26(21)23(14-22)30(6,7)8;1-21-16-22(2)18-28(17-21)29-19-27(14-15-31-29)26-12-10-25(11-13-26)24-8-6-23(7-9-24)20-30(3,4)5;1-5-10(6-2)12(14)9-13(15)11(7-3)8-4;/h9-12,14-15H,1-8H3;6-17,19H,20H2,1-5H3;9-11,14H,5-8H2,1-4H3;/q2*-1;;/b;;12-9-;. The third-order valence-corrected chi connectivity index (χ3v) is 16.3. The van der Waals surface area contributed by atoms with Gasteiger partial charge in [0.2, 0.25) is 0 Å². The zero-order valence-electron chi connectivity index (χ0n) is 51.1. The van der Waals surface area contributed by atoms with E-state index in [1.54, 1.807) is 17.7 Å². The summed E-state index contributed by atoms with van der Waals surface area (Å²) < 4.78 is 1.12. The summed E-state index contributed by atoms with van der Waals surface area (Å²) in [7, 11) is 0. The van der Waals surface area contributed by atoms with Gasteiger partial charge in [-0.05, 0) is 139 Å². The van der Waals surface area contributed by atoms with Crippen molar-refractivity contribution in [3.63, 3.8) is 0 Å². The average Bonchev–Trinajstić information content (AvgIpc) is 3.87. The maximum atomic E-state index is 11.7. The van der Waals surface area contributed by atoms with Crippen molar-refractivity contribution in [2.24, 2.45) is 17.3 Å². The van der Waals surface area contributed by atoms with Crippen LogP contribution < -0.4 is 0 Å². The van der Waals surface area contributed by atoms with Crippen LogP contribution in [0.4, 0.5) is 0 Å². The average molecular weight is 1270 g/mol. The number of carbonyl (C=O) groups is 1. The van der Waals surface area contributed by atoms with Crippen molar-refractivity contribution in [1.29, 1.82) is 0 Å². The summed E-state index contributed by atoms with van der Waals surface area (Å²) in [6, 6.07) is 44.3. The fourth-order valence-corrected chi connectivity index (χ4v) is 12.2. The monoisotopic (exact) mass is 1270 g/mol. The molecule has 81 heavy (non-hydrogen) atoms. The third kappa shape index (κ3) is 16.0. The van der Waals surface area contributed by atoms with Gasteiger partial charge in [0.15, 0.2) is 5.78 Å². The predicted octanol–water partition coefficient (Wildman–Crippen LogP) is 20.2. The molecule has 6 nitrogen and oxygen atoms in total. The van der Waals surface area contributed by atoms with Crippen molar-refractivity contribution >= 4 is 38.2 Å². The Hall–Kier alpha value is -6.44. The molecule has 9 rings (SSSR count). The molecule has 9 aromatic rings. The first-order chi connectivity index (χ1) is 37.9. The van der Waals surface area contributed by atoms with Gasteiger partial charge < -0.3 is 10.1 Å².